The van der Waals surface area contributed by atoms with E-state index in [-0.39, 0.29) is 0 Å². The number of nitrogens with zero attached hydrogens (tertiary/aromatic N) is 1. The lowest BCUT2D eigenvalue weighted by Gasteiger charge is -2.21. The van der Waals surface area contributed by atoms with E-state index in [9.17, 15) is 0 Å². The van der Waals surface area contributed by atoms with Crippen molar-refractivity contribution in [3.63, 3.8) is 0 Å². The van der Waals surface area contributed by atoms with E-state index in [1.54, 1.807) is 7.11 Å². The minimum absolute atomic E-state index is 0.567. The van der Waals surface area contributed by atoms with Crippen LogP contribution in [0.4, 0.5) is 5.69 Å². The lowest BCUT2D eigenvalue weighted by molar-refractivity contribution is 0.414. The molecule has 0 aromatic heterocycles. The van der Waals surface area contributed by atoms with Crippen molar-refractivity contribution in [1.82, 2.24) is 5.32 Å². The molecule has 1 aliphatic rings. The van der Waals surface area contributed by atoms with Crippen LogP contribution >= 0.6 is 15.9 Å². The monoisotopic (exact) mass is 326 g/mol. The van der Waals surface area contributed by atoms with Crippen LogP contribution in [0.1, 0.15) is 20.3 Å². The molecule has 1 N–H and O–H groups in total. The Hall–Kier alpha value is -0.740. The van der Waals surface area contributed by atoms with Gasteiger partial charge in [0.25, 0.3) is 0 Å². The molecule has 19 heavy (non-hydrogen) atoms. The van der Waals surface area contributed by atoms with Gasteiger partial charge in [-0.3, -0.25) is 0 Å². The van der Waals surface area contributed by atoms with Gasteiger partial charge in [0, 0.05) is 29.7 Å². The predicted octanol–water partition coefficient (Wildman–Crippen LogP) is 3.28. The number of methoxy groups -OCH3 is 1. The Morgan fingerprint density at radius 2 is 2.26 bits per heavy atom. The van der Waals surface area contributed by atoms with Crippen LogP contribution in [-0.2, 0) is 0 Å². The molecular weight excluding hydrogens is 304 g/mol. The van der Waals surface area contributed by atoms with Crippen molar-refractivity contribution in [2.24, 2.45) is 5.92 Å². The van der Waals surface area contributed by atoms with Gasteiger partial charge in [0.15, 0.2) is 0 Å². The van der Waals surface area contributed by atoms with Gasteiger partial charge in [-0.05, 0) is 46.9 Å². The van der Waals surface area contributed by atoms with E-state index >= 15 is 0 Å². The highest BCUT2D eigenvalue weighted by Gasteiger charge is 2.24. The van der Waals surface area contributed by atoms with E-state index in [2.05, 4.69) is 52.1 Å². The number of rotatable bonds is 5. The number of hydrogen-bond acceptors (Lipinski definition) is 3. The highest BCUT2D eigenvalue weighted by atomic mass is 79.9. The molecule has 1 aliphatic heterocycles. The van der Waals surface area contributed by atoms with Gasteiger partial charge < -0.3 is 15.0 Å². The summed E-state index contributed by atoms with van der Waals surface area (Å²) in [6.07, 6.45) is 1.25. The molecular formula is C15H23BrN2O. The molecule has 2 rings (SSSR count). The fourth-order valence-electron chi connectivity index (χ4n) is 2.48. The molecule has 1 atom stereocenters. The minimum atomic E-state index is 0.567. The Bertz CT molecular complexity index is 423. The van der Waals surface area contributed by atoms with Gasteiger partial charge >= 0.3 is 0 Å². The number of nitrogens with one attached hydrogen (secondary N) is 1. The van der Waals surface area contributed by atoms with Gasteiger partial charge in [0.1, 0.15) is 5.75 Å². The standard InChI is InChI=1S/C15H23BrN2O/c1-11(2)17-9-12-6-7-18(10-12)15-8-13(19-3)4-5-14(15)16/h4-5,8,11-12,17H,6-7,9-10H2,1-3H3. The third kappa shape index (κ3) is 3.86. The van der Waals surface area contributed by atoms with Crippen LogP contribution in [0.5, 0.6) is 5.75 Å². The average molecular weight is 327 g/mol. The fraction of sp³-hybridized carbons (Fsp3) is 0.600. The summed E-state index contributed by atoms with van der Waals surface area (Å²) in [6.45, 7) is 7.74. The Balaban J connectivity index is 2.00. The predicted molar refractivity (Wildman–Crippen MR) is 84.2 cm³/mol. The topological polar surface area (TPSA) is 24.5 Å². The third-order valence-electron chi connectivity index (χ3n) is 3.59. The second-order valence-corrected chi connectivity index (χ2v) is 6.34. The van der Waals surface area contributed by atoms with Gasteiger partial charge in [0.2, 0.25) is 0 Å². The summed E-state index contributed by atoms with van der Waals surface area (Å²) in [4.78, 5) is 2.44. The van der Waals surface area contributed by atoms with Crippen LogP contribution in [0.15, 0.2) is 22.7 Å². The first-order valence-corrected chi connectivity index (χ1v) is 7.71. The first-order chi connectivity index (χ1) is 9.10. The molecule has 1 heterocycles. The first-order valence-electron chi connectivity index (χ1n) is 6.92. The molecule has 4 heteroatoms. The zero-order valence-electron chi connectivity index (χ0n) is 11.9. The van der Waals surface area contributed by atoms with E-state index in [4.69, 9.17) is 4.74 Å². The molecule has 0 amide bonds. The molecule has 1 aromatic carbocycles. The molecule has 1 fully saturated rings. The fourth-order valence-corrected chi connectivity index (χ4v) is 2.98. The van der Waals surface area contributed by atoms with Crippen molar-refractivity contribution in [1.29, 1.82) is 0 Å². The maximum atomic E-state index is 5.32. The highest BCUT2D eigenvalue weighted by Crippen LogP contribution is 2.33. The van der Waals surface area contributed by atoms with Crippen LogP contribution < -0.4 is 15.0 Å². The lowest BCUT2D eigenvalue weighted by Crippen LogP contribution is -2.30. The van der Waals surface area contributed by atoms with Gasteiger partial charge in [-0.1, -0.05) is 13.8 Å². The third-order valence-corrected chi connectivity index (χ3v) is 4.27. The molecule has 0 saturated carbocycles. The number of hydrogen-bond donors (Lipinski definition) is 1. The van der Waals surface area contributed by atoms with Gasteiger partial charge in [0.05, 0.1) is 12.8 Å². The molecule has 3 nitrogen and oxygen atoms in total. The summed E-state index contributed by atoms with van der Waals surface area (Å²) in [5.41, 5.74) is 1.24. The smallest absolute Gasteiger partial charge is 0.121 e. The Morgan fingerprint density at radius 1 is 1.47 bits per heavy atom. The van der Waals surface area contributed by atoms with Gasteiger partial charge in [-0.15, -0.1) is 0 Å². The zero-order valence-corrected chi connectivity index (χ0v) is 13.5. The van der Waals surface area contributed by atoms with Crippen molar-refractivity contribution in [2.75, 3.05) is 31.6 Å². The maximum Gasteiger partial charge on any atom is 0.121 e. The minimum Gasteiger partial charge on any atom is -0.497 e. The largest absolute Gasteiger partial charge is 0.497 e. The van der Waals surface area contributed by atoms with Crippen molar-refractivity contribution in [2.45, 2.75) is 26.3 Å². The Kier molecular flexibility index (Phi) is 5.11. The van der Waals surface area contributed by atoms with Gasteiger partial charge in [-0.25, -0.2) is 0 Å². The first kappa shape index (κ1) is 14.7. The van der Waals surface area contributed by atoms with Crippen molar-refractivity contribution >= 4 is 21.6 Å². The number of halogens is 1. The summed E-state index contributed by atoms with van der Waals surface area (Å²) in [5.74, 6) is 1.66. The summed E-state index contributed by atoms with van der Waals surface area (Å²) in [6, 6.07) is 6.73. The second-order valence-electron chi connectivity index (χ2n) is 5.48. The summed E-state index contributed by atoms with van der Waals surface area (Å²) < 4.78 is 6.46. The Labute approximate surface area is 124 Å². The molecule has 0 aliphatic carbocycles. The Morgan fingerprint density at radius 3 is 2.95 bits per heavy atom. The van der Waals surface area contributed by atoms with Crippen molar-refractivity contribution in [3.8, 4) is 5.75 Å². The van der Waals surface area contributed by atoms with Crippen molar-refractivity contribution < 1.29 is 4.74 Å². The van der Waals surface area contributed by atoms with Crippen molar-refractivity contribution in [3.05, 3.63) is 22.7 Å². The zero-order chi connectivity index (χ0) is 13.8. The summed E-state index contributed by atoms with van der Waals surface area (Å²) >= 11 is 3.64. The number of ether oxygens (including phenoxy) is 1. The highest BCUT2D eigenvalue weighted by molar-refractivity contribution is 9.10. The van der Waals surface area contributed by atoms with Crippen LogP contribution in [-0.4, -0.2) is 32.8 Å². The van der Waals surface area contributed by atoms with E-state index in [0.717, 1.165) is 35.8 Å². The molecule has 1 saturated heterocycles. The van der Waals surface area contributed by atoms with E-state index in [0.29, 0.717) is 6.04 Å². The van der Waals surface area contributed by atoms with Gasteiger partial charge in [-0.2, -0.15) is 0 Å². The number of benzene rings is 1. The average Bonchev–Trinajstić information content (AvgIpc) is 2.85. The van der Waals surface area contributed by atoms with E-state index in [1.807, 2.05) is 6.07 Å². The number of anilines is 1. The van der Waals surface area contributed by atoms with E-state index < -0.39 is 0 Å². The van der Waals surface area contributed by atoms with Crippen LogP contribution in [0.3, 0.4) is 0 Å². The van der Waals surface area contributed by atoms with Crippen LogP contribution in [0, 0.1) is 5.92 Å². The summed E-state index contributed by atoms with van der Waals surface area (Å²) in [7, 11) is 1.71. The van der Waals surface area contributed by atoms with Crippen LogP contribution in [0.25, 0.3) is 0 Å². The molecule has 1 aromatic rings. The molecule has 1 unspecified atom stereocenters. The van der Waals surface area contributed by atoms with E-state index in [1.165, 1.54) is 12.1 Å². The maximum absolute atomic E-state index is 5.32. The molecule has 106 valence electrons. The lowest BCUT2D eigenvalue weighted by atomic mass is 10.1. The summed E-state index contributed by atoms with van der Waals surface area (Å²) in [5, 5.41) is 3.53. The quantitative estimate of drug-likeness (QED) is 0.898. The SMILES string of the molecule is COc1ccc(Br)c(N2CCC(CNC(C)C)C2)c1. The van der Waals surface area contributed by atoms with Crippen LogP contribution in [0.2, 0.25) is 0 Å². The molecule has 0 radical (unpaired) electrons. The molecule has 0 bridgehead atoms. The molecule has 0 spiro atoms. The normalized spacial score (nSPS) is 19.2. The second kappa shape index (κ2) is 6.62.